The van der Waals surface area contributed by atoms with Gasteiger partial charge < -0.3 is 14.3 Å². The van der Waals surface area contributed by atoms with Gasteiger partial charge in [0.2, 0.25) is 5.76 Å². The van der Waals surface area contributed by atoms with Crippen LogP contribution in [-0.4, -0.2) is 16.0 Å². The monoisotopic (exact) mass is 297 g/mol. The molecule has 20 heavy (non-hydrogen) atoms. The number of carboxylic acid groups (broad SMARTS) is 1. The molecule has 0 spiro atoms. The van der Waals surface area contributed by atoms with Gasteiger partial charge in [0.15, 0.2) is 5.75 Å². The Morgan fingerprint density at radius 3 is 2.85 bits per heavy atom. The van der Waals surface area contributed by atoms with E-state index in [9.17, 15) is 14.9 Å². The molecule has 0 bridgehead atoms. The average Bonchev–Trinajstić information content (AvgIpc) is 2.85. The zero-order chi connectivity index (χ0) is 14.7. The van der Waals surface area contributed by atoms with Gasteiger partial charge in [-0.05, 0) is 18.2 Å². The van der Waals surface area contributed by atoms with E-state index in [0.29, 0.717) is 0 Å². The molecule has 1 aromatic heterocycles. The summed E-state index contributed by atoms with van der Waals surface area (Å²) in [6, 6.07) is 5.37. The number of hydrogen-bond donors (Lipinski definition) is 1. The summed E-state index contributed by atoms with van der Waals surface area (Å²) >= 11 is 5.67. The number of aromatic carboxylic acids is 1. The van der Waals surface area contributed by atoms with Gasteiger partial charge in [-0.3, -0.25) is 10.1 Å². The Balaban J connectivity index is 2.21. The summed E-state index contributed by atoms with van der Waals surface area (Å²) in [7, 11) is 0. The molecular formula is C12H8ClNO6. The Kier molecular flexibility index (Phi) is 3.90. The van der Waals surface area contributed by atoms with Gasteiger partial charge in [0.25, 0.3) is 0 Å². The highest BCUT2D eigenvalue weighted by Gasteiger charge is 2.18. The quantitative estimate of drug-likeness (QED) is 0.672. The van der Waals surface area contributed by atoms with Gasteiger partial charge in [-0.1, -0.05) is 11.6 Å². The molecule has 0 atom stereocenters. The predicted octanol–water partition coefficient (Wildman–Crippen LogP) is 3.12. The molecule has 0 aliphatic carbocycles. The minimum atomic E-state index is -1.24. The van der Waals surface area contributed by atoms with E-state index in [0.717, 1.165) is 6.07 Å². The number of nitrogens with zero attached hydrogens (tertiary/aromatic N) is 1. The lowest BCUT2D eigenvalue weighted by molar-refractivity contribution is -0.385. The zero-order valence-electron chi connectivity index (χ0n) is 9.91. The first-order valence-corrected chi connectivity index (χ1v) is 5.73. The third-order valence-corrected chi connectivity index (χ3v) is 2.68. The van der Waals surface area contributed by atoms with Crippen LogP contribution in [0.1, 0.15) is 16.1 Å². The van der Waals surface area contributed by atoms with Crippen LogP contribution in [0.5, 0.6) is 5.75 Å². The van der Waals surface area contributed by atoms with Crippen molar-refractivity contribution in [3.8, 4) is 5.75 Å². The second-order valence-corrected chi connectivity index (χ2v) is 4.17. The second kappa shape index (κ2) is 5.62. The van der Waals surface area contributed by atoms with E-state index in [1.165, 1.54) is 24.5 Å². The number of rotatable bonds is 5. The number of furan rings is 1. The van der Waals surface area contributed by atoms with Crippen molar-refractivity contribution in [2.45, 2.75) is 6.61 Å². The van der Waals surface area contributed by atoms with Gasteiger partial charge in [0.05, 0.1) is 11.2 Å². The van der Waals surface area contributed by atoms with Gasteiger partial charge in [-0.25, -0.2) is 4.79 Å². The first-order chi connectivity index (χ1) is 9.49. The lowest BCUT2D eigenvalue weighted by Crippen LogP contribution is -2.03. The van der Waals surface area contributed by atoms with Gasteiger partial charge in [0, 0.05) is 16.7 Å². The average molecular weight is 298 g/mol. The van der Waals surface area contributed by atoms with Crippen molar-refractivity contribution in [2.24, 2.45) is 0 Å². The fourth-order valence-electron chi connectivity index (χ4n) is 1.55. The van der Waals surface area contributed by atoms with Crippen molar-refractivity contribution in [2.75, 3.05) is 0 Å². The summed E-state index contributed by atoms with van der Waals surface area (Å²) in [6.45, 7) is -0.166. The minimum Gasteiger partial charge on any atom is -0.482 e. The topological polar surface area (TPSA) is 103 Å². The number of hydrogen-bond acceptors (Lipinski definition) is 5. The molecule has 1 heterocycles. The lowest BCUT2D eigenvalue weighted by Gasteiger charge is -2.06. The predicted molar refractivity (Wildman–Crippen MR) is 68.1 cm³/mol. The molecule has 2 aromatic rings. The van der Waals surface area contributed by atoms with E-state index in [2.05, 4.69) is 0 Å². The highest BCUT2D eigenvalue weighted by atomic mass is 35.5. The van der Waals surface area contributed by atoms with Crippen molar-refractivity contribution in [1.29, 1.82) is 0 Å². The number of nitro benzene ring substituents is 1. The molecule has 1 aromatic carbocycles. The van der Waals surface area contributed by atoms with Crippen molar-refractivity contribution in [3.05, 3.63) is 57.0 Å². The summed E-state index contributed by atoms with van der Waals surface area (Å²) in [5.74, 6) is -1.50. The molecule has 2 rings (SSSR count). The van der Waals surface area contributed by atoms with Crippen LogP contribution in [0.4, 0.5) is 5.69 Å². The van der Waals surface area contributed by atoms with Crippen molar-refractivity contribution >= 4 is 23.3 Å². The summed E-state index contributed by atoms with van der Waals surface area (Å²) < 4.78 is 10.0. The summed E-state index contributed by atoms with van der Waals surface area (Å²) in [4.78, 5) is 21.1. The van der Waals surface area contributed by atoms with Gasteiger partial charge >= 0.3 is 11.7 Å². The minimum absolute atomic E-state index is 0.00283. The Labute approximate surface area is 117 Å². The van der Waals surface area contributed by atoms with Gasteiger partial charge in [-0.2, -0.15) is 0 Å². The summed E-state index contributed by atoms with van der Waals surface area (Å²) in [5.41, 5.74) is -0.0142. The van der Waals surface area contributed by atoms with Crippen LogP contribution < -0.4 is 4.74 Å². The van der Waals surface area contributed by atoms with Gasteiger partial charge in [0.1, 0.15) is 6.61 Å². The summed E-state index contributed by atoms with van der Waals surface area (Å²) in [5, 5.41) is 19.9. The molecule has 0 fully saturated rings. The van der Waals surface area contributed by atoms with Crippen LogP contribution in [0, 0.1) is 10.1 Å². The third kappa shape index (κ3) is 2.89. The normalized spacial score (nSPS) is 10.2. The molecule has 0 saturated carbocycles. The van der Waals surface area contributed by atoms with E-state index in [-0.39, 0.29) is 34.4 Å². The van der Waals surface area contributed by atoms with Crippen LogP contribution in [-0.2, 0) is 6.61 Å². The molecule has 0 unspecified atom stereocenters. The maximum atomic E-state index is 10.9. The molecule has 0 aliphatic heterocycles. The standard InChI is InChI=1S/C12H8ClNO6/c13-8-1-2-10(9(5-8)14(17)18)20-6-7-3-4-19-11(7)12(15)16/h1-5H,6H2,(H,15,16). The number of nitro groups is 1. The van der Waals surface area contributed by atoms with E-state index >= 15 is 0 Å². The molecule has 0 aliphatic rings. The first-order valence-electron chi connectivity index (χ1n) is 5.35. The number of carboxylic acids is 1. The van der Waals surface area contributed by atoms with Crippen LogP contribution in [0.3, 0.4) is 0 Å². The second-order valence-electron chi connectivity index (χ2n) is 3.74. The maximum Gasteiger partial charge on any atom is 0.372 e. The smallest absolute Gasteiger partial charge is 0.372 e. The fraction of sp³-hybridized carbons (Fsp3) is 0.0833. The highest BCUT2D eigenvalue weighted by Crippen LogP contribution is 2.30. The molecule has 0 radical (unpaired) electrons. The fourth-order valence-corrected chi connectivity index (χ4v) is 1.71. The summed E-state index contributed by atoms with van der Waals surface area (Å²) in [6.07, 6.45) is 1.21. The molecule has 0 saturated heterocycles. The molecule has 8 heteroatoms. The molecule has 0 amide bonds. The maximum absolute atomic E-state index is 10.9. The van der Waals surface area contributed by atoms with Crippen LogP contribution in [0.15, 0.2) is 34.9 Å². The van der Waals surface area contributed by atoms with Crippen LogP contribution in [0.25, 0.3) is 0 Å². The number of benzene rings is 1. The van der Waals surface area contributed by atoms with Crippen LogP contribution >= 0.6 is 11.6 Å². The van der Waals surface area contributed by atoms with E-state index < -0.39 is 10.9 Å². The van der Waals surface area contributed by atoms with Gasteiger partial charge in [-0.15, -0.1) is 0 Å². The SMILES string of the molecule is O=C(O)c1occc1COc1ccc(Cl)cc1[N+](=O)[O-]. The Hall–Kier alpha value is -2.54. The zero-order valence-corrected chi connectivity index (χ0v) is 10.7. The Bertz CT molecular complexity index is 666. The number of carbonyl (C=O) groups is 1. The highest BCUT2D eigenvalue weighted by molar-refractivity contribution is 6.30. The van der Waals surface area contributed by atoms with E-state index in [1.807, 2.05) is 0 Å². The van der Waals surface area contributed by atoms with E-state index in [1.54, 1.807) is 0 Å². The molecule has 104 valence electrons. The third-order valence-electron chi connectivity index (χ3n) is 2.44. The van der Waals surface area contributed by atoms with Crippen molar-refractivity contribution in [3.63, 3.8) is 0 Å². The first kappa shape index (κ1) is 13.9. The largest absolute Gasteiger partial charge is 0.482 e. The van der Waals surface area contributed by atoms with E-state index in [4.69, 9.17) is 25.9 Å². The number of ether oxygens (including phenoxy) is 1. The van der Waals surface area contributed by atoms with Crippen LogP contribution in [0.2, 0.25) is 5.02 Å². The molecular weight excluding hydrogens is 290 g/mol. The Morgan fingerprint density at radius 1 is 1.45 bits per heavy atom. The van der Waals surface area contributed by atoms with Crippen molar-refractivity contribution < 1.29 is 24.0 Å². The molecule has 1 N–H and O–H groups in total. The number of halogens is 1. The lowest BCUT2D eigenvalue weighted by atomic mass is 10.2. The van der Waals surface area contributed by atoms with Crippen molar-refractivity contribution in [1.82, 2.24) is 0 Å². The molecule has 7 nitrogen and oxygen atoms in total. The Morgan fingerprint density at radius 2 is 2.20 bits per heavy atom.